The molecule has 6 nitrogen and oxygen atoms in total. The van der Waals surface area contributed by atoms with Gasteiger partial charge in [-0.3, -0.25) is 4.79 Å². The monoisotopic (exact) mass is 429 g/mol. The van der Waals surface area contributed by atoms with Gasteiger partial charge in [-0.25, -0.2) is 15.0 Å². The van der Waals surface area contributed by atoms with Gasteiger partial charge in [-0.05, 0) is 19.4 Å². The molecule has 2 N–H and O–H groups in total. The van der Waals surface area contributed by atoms with E-state index in [1.165, 1.54) is 23.8 Å². The van der Waals surface area contributed by atoms with Crippen molar-refractivity contribution in [3.8, 4) is 22.5 Å². The molecule has 2 aromatic carbocycles. The Hall–Kier alpha value is -3.58. The number of anilines is 2. The van der Waals surface area contributed by atoms with Crippen LogP contribution in [0.5, 0.6) is 0 Å². The number of benzene rings is 2. The third-order valence-corrected chi connectivity index (χ3v) is 5.47. The molecular formula is C24H23N5OS. The summed E-state index contributed by atoms with van der Waals surface area (Å²) in [6, 6.07) is 18.3. The number of carbonyl (C=O) groups excluding carboxylic acids is 1. The summed E-state index contributed by atoms with van der Waals surface area (Å²) in [4.78, 5) is 24.8. The quantitative estimate of drug-likeness (QED) is 0.437. The summed E-state index contributed by atoms with van der Waals surface area (Å²) in [7, 11) is 0. The van der Waals surface area contributed by atoms with Crippen molar-refractivity contribution in [2.45, 2.75) is 27.3 Å². The van der Waals surface area contributed by atoms with E-state index in [9.17, 15) is 4.79 Å². The average molecular weight is 430 g/mol. The lowest BCUT2D eigenvalue weighted by Gasteiger charge is -2.07. The lowest BCUT2D eigenvalue weighted by Crippen LogP contribution is -2.18. The van der Waals surface area contributed by atoms with Crippen molar-refractivity contribution in [3.05, 3.63) is 76.9 Å². The van der Waals surface area contributed by atoms with Gasteiger partial charge in [0.15, 0.2) is 5.13 Å². The van der Waals surface area contributed by atoms with Crippen molar-refractivity contribution >= 4 is 28.2 Å². The summed E-state index contributed by atoms with van der Waals surface area (Å²) in [5.74, 6) is 1.38. The van der Waals surface area contributed by atoms with Gasteiger partial charge >= 0.3 is 0 Å². The van der Waals surface area contributed by atoms with Crippen LogP contribution in [0.4, 0.5) is 10.9 Å². The molecule has 31 heavy (non-hydrogen) atoms. The van der Waals surface area contributed by atoms with Gasteiger partial charge in [0.25, 0.3) is 0 Å². The number of aryl methyl sites for hydroxylation is 2. The van der Waals surface area contributed by atoms with Gasteiger partial charge < -0.3 is 10.6 Å². The second kappa shape index (κ2) is 9.06. The summed E-state index contributed by atoms with van der Waals surface area (Å²) in [5, 5.41) is 8.89. The molecule has 1 amide bonds. The van der Waals surface area contributed by atoms with E-state index >= 15 is 0 Å². The van der Waals surface area contributed by atoms with Gasteiger partial charge in [-0.15, -0.1) is 11.3 Å². The van der Waals surface area contributed by atoms with E-state index in [-0.39, 0.29) is 5.91 Å². The van der Waals surface area contributed by atoms with E-state index in [2.05, 4.69) is 51.8 Å². The van der Waals surface area contributed by atoms with Crippen molar-refractivity contribution < 1.29 is 4.79 Å². The van der Waals surface area contributed by atoms with Crippen LogP contribution in [0, 0.1) is 13.8 Å². The van der Waals surface area contributed by atoms with Crippen molar-refractivity contribution in [2.75, 3.05) is 5.32 Å². The zero-order valence-corrected chi connectivity index (χ0v) is 18.5. The molecule has 2 heterocycles. The molecule has 0 spiro atoms. The van der Waals surface area contributed by atoms with Crippen molar-refractivity contribution in [1.29, 1.82) is 0 Å². The first-order valence-electron chi connectivity index (χ1n) is 9.95. The van der Waals surface area contributed by atoms with Gasteiger partial charge in [0.1, 0.15) is 11.6 Å². The minimum Gasteiger partial charge on any atom is -0.352 e. The van der Waals surface area contributed by atoms with Crippen molar-refractivity contribution in [3.63, 3.8) is 0 Å². The summed E-state index contributed by atoms with van der Waals surface area (Å²) in [6.07, 6.45) is 0. The Balaban J connectivity index is 1.50. The van der Waals surface area contributed by atoms with Gasteiger partial charge in [0.2, 0.25) is 5.91 Å². The fourth-order valence-electron chi connectivity index (χ4n) is 3.10. The lowest BCUT2D eigenvalue weighted by molar-refractivity contribution is -0.119. The Bertz CT molecular complexity index is 1200. The molecule has 0 aliphatic rings. The molecule has 156 valence electrons. The van der Waals surface area contributed by atoms with Crippen LogP contribution in [0.2, 0.25) is 0 Å². The summed E-state index contributed by atoms with van der Waals surface area (Å²) in [6.45, 7) is 5.99. The highest BCUT2D eigenvalue weighted by atomic mass is 32.1. The van der Waals surface area contributed by atoms with Crippen LogP contribution >= 0.6 is 11.3 Å². The third-order valence-electron chi connectivity index (χ3n) is 4.72. The molecule has 0 unspecified atom stereocenters. The predicted molar refractivity (Wildman–Crippen MR) is 125 cm³/mol. The Morgan fingerprint density at radius 3 is 2.29 bits per heavy atom. The zero-order valence-electron chi connectivity index (χ0n) is 17.6. The second-order valence-corrected chi connectivity index (χ2v) is 8.18. The number of thiazole rings is 1. The van der Waals surface area contributed by atoms with Gasteiger partial charge in [-0.2, -0.15) is 0 Å². The Labute approximate surface area is 185 Å². The molecule has 0 radical (unpaired) electrons. The number of aromatic nitrogens is 3. The number of hydrogen-bond donors (Lipinski definition) is 2. The third kappa shape index (κ3) is 5.32. The fraction of sp³-hybridized carbons (Fsp3) is 0.167. The van der Waals surface area contributed by atoms with Crippen LogP contribution < -0.4 is 10.6 Å². The Morgan fingerprint density at radius 1 is 0.903 bits per heavy atom. The first-order valence-corrected chi connectivity index (χ1v) is 10.8. The summed E-state index contributed by atoms with van der Waals surface area (Å²) < 4.78 is 0. The summed E-state index contributed by atoms with van der Waals surface area (Å²) >= 11 is 1.53. The Morgan fingerprint density at radius 2 is 1.58 bits per heavy atom. The number of hydrogen-bond acceptors (Lipinski definition) is 6. The Kier molecular flexibility index (Phi) is 6.04. The number of amides is 1. The fourth-order valence-corrected chi connectivity index (χ4v) is 3.82. The highest BCUT2D eigenvalue weighted by Crippen LogP contribution is 2.28. The lowest BCUT2D eigenvalue weighted by atomic mass is 10.1. The first-order chi connectivity index (χ1) is 15.0. The molecule has 4 aromatic rings. The molecule has 0 fully saturated rings. The molecule has 0 aliphatic heterocycles. The summed E-state index contributed by atoms with van der Waals surface area (Å²) in [5.41, 5.74) is 6.11. The molecule has 4 rings (SSSR count). The van der Waals surface area contributed by atoms with Crippen molar-refractivity contribution in [2.24, 2.45) is 0 Å². The van der Waals surface area contributed by atoms with E-state index in [0.29, 0.717) is 12.4 Å². The minimum absolute atomic E-state index is 0.0372. The average Bonchev–Trinajstić information content (AvgIpc) is 3.21. The number of nitrogens with one attached hydrogen (secondary N) is 2. The SMILES string of the molecule is CC(=O)NCc1ccc(-c2csc(Nc3cc(-c4ccc(C)cc4)nc(C)n3)n2)cc1. The zero-order chi connectivity index (χ0) is 21.8. The van der Waals surface area contributed by atoms with E-state index in [0.717, 1.165) is 39.0 Å². The standard InChI is InChI=1S/C24H23N5OS/c1-15-4-8-19(9-5-15)21-12-23(27-16(2)26-21)29-24-28-22(14-31-24)20-10-6-18(7-11-20)13-25-17(3)30/h4-12,14H,13H2,1-3H3,(H,25,30)(H,26,27,28,29). The van der Waals surface area contributed by atoms with E-state index in [4.69, 9.17) is 4.98 Å². The molecule has 7 heteroatoms. The van der Waals surface area contributed by atoms with Crippen LogP contribution in [0.15, 0.2) is 60.0 Å². The molecule has 0 bridgehead atoms. The normalized spacial score (nSPS) is 10.7. The smallest absolute Gasteiger partial charge is 0.217 e. The molecule has 0 saturated heterocycles. The predicted octanol–water partition coefficient (Wildman–Crippen LogP) is 5.26. The topological polar surface area (TPSA) is 79.8 Å². The van der Waals surface area contributed by atoms with Crippen LogP contribution in [0.25, 0.3) is 22.5 Å². The van der Waals surface area contributed by atoms with Gasteiger partial charge in [-0.1, -0.05) is 54.1 Å². The number of rotatable bonds is 6. The van der Waals surface area contributed by atoms with Crippen LogP contribution in [0.1, 0.15) is 23.9 Å². The molecular weight excluding hydrogens is 406 g/mol. The van der Waals surface area contributed by atoms with Gasteiger partial charge in [0.05, 0.1) is 11.4 Å². The highest BCUT2D eigenvalue weighted by Gasteiger charge is 2.09. The molecule has 0 atom stereocenters. The van der Waals surface area contributed by atoms with E-state index < -0.39 is 0 Å². The molecule has 0 saturated carbocycles. The van der Waals surface area contributed by atoms with Crippen LogP contribution in [-0.4, -0.2) is 20.9 Å². The van der Waals surface area contributed by atoms with Crippen molar-refractivity contribution in [1.82, 2.24) is 20.3 Å². The maximum Gasteiger partial charge on any atom is 0.217 e. The van der Waals surface area contributed by atoms with E-state index in [1.807, 2.05) is 42.6 Å². The highest BCUT2D eigenvalue weighted by molar-refractivity contribution is 7.14. The maximum atomic E-state index is 11.1. The number of carbonyl (C=O) groups is 1. The van der Waals surface area contributed by atoms with E-state index in [1.54, 1.807) is 0 Å². The van der Waals surface area contributed by atoms with Crippen LogP contribution in [0.3, 0.4) is 0 Å². The maximum absolute atomic E-state index is 11.1. The number of nitrogens with zero attached hydrogens (tertiary/aromatic N) is 3. The largest absolute Gasteiger partial charge is 0.352 e. The minimum atomic E-state index is -0.0372. The van der Waals surface area contributed by atoms with Gasteiger partial charge in [0, 0.05) is 36.0 Å². The second-order valence-electron chi connectivity index (χ2n) is 7.32. The molecule has 0 aliphatic carbocycles. The molecule has 2 aromatic heterocycles. The first kappa shape index (κ1) is 20.7. The van der Waals surface area contributed by atoms with Crippen LogP contribution in [-0.2, 0) is 11.3 Å².